The SMILES string of the molecule is CCn1c(CNC(=O)Cn2cnnn2)nc2ccccc21. The molecular weight excluding hydrogens is 270 g/mol. The highest BCUT2D eigenvalue weighted by molar-refractivity contribution is 5.77. The van der Waals surface area contributed by atoms with E-state index in [1.54, 1.807) is 0 Å². The summed E-state index contributed by atoms with van der Waals surface area (Å²) in [6, 6.07) is 7.93. The van der Waals surface area contributed by atoms with Crippen molar-refractivity contribution in [2.75, 3.05) is 0 Å². The fraction of sp³-hybridized carbons (Fsp3) is 0.308. The van der Waals surface area contributed by atoms with E-state index in [1.807, 2.05) is 24.3 Å². The molecule has 0 unspecified atom stereocenters. The Bertz CT molecular complexity index is 747. The molecule has 3 rings (SSSR count). The van der Waals surface area contributed by atoms with Gasteiger partial charge in [0.05, 0.1) is 17.6 Å². The van der Waals surface area contributed by atoms with Crippen LogP contribution in [0.4, 0.5) is 0 Å². The first-order valence-electron chi connectivity index (χ1n) is 6.69. The first-order chi connectivity index (χ1) is 10.3. The van der Waals surface area contributed by atoms with Gasteiger partial charge in [0.1, 0.15) is 18.7 Å². The summed E-state index contributed by atoms with van der Waals surface area (Å²) >= 11 is 0. The van der Waals surface area contributed by atoms with E-state index < -0.39 is 0 Å². The molecule has 1 aromatic carbocycles. The third kappa shape index (κ3) is 2.73. The molecule has 21 heavy (non-hydrogen) atoms. The highest BCUT2D eigenvalue weighted by Gasteiger charge is 2.10. The minimum atomic E-state index is -0.156. The van der Waals surface area contributed by atoms with Gasteiger partial charge in [-0.3, -0.25) is 4.79 Å². The molecule has 3 aromatic rings. The summed E-state index contributed by atoms with van der Waals surface area (Å²) in [5, 5.41) is 13.5. The van der Waals surface area contributed by atoms with Crippen molar-refractivity contribution in [3.63, 3.8) is 0 Å². The lowest BCUT2D eigenvalue weighted by atomic mass is 10.3. The zero-order valence-electron chi connectivity index (χ0n) is 11.6. The zero-order valence-corrected chi connectivity index (χ0v) is 11.6. The Labute approximate surface area is 120 Å². The Kier molecular flexibility index (Phi) is 3.59. The number of benzene rings is 1. The van der Waals surface area contributed by atoms with Crippen molar-refractivity contribution in [3.8, 4) is 0 Å². The number of aryl methyl sites for hydroxylation is 1. The Morgan fingerprint density at radius 2 is 2.19 bits per heavy atom. The van der Waals surface area contributed by atoms with Crippen LogP contribution in [0.15, 0.2) is 30.6 Å². The number of carbonyl (C=O) groups is 1. The second-order valence-electron chi connectivity index (χ2n) is 4.55. The second-order valence-corrected chi connectivity index (χ2v) is 4.55. The summed E-state index contributed by atoms with van der Waals surface area (Å²) < 4.78 is 3.46. The van der Waals surface area contributed by atoms with Crippen LogP contribution in [0.3, 0.4) is 0 Å². The molecule has 0 aliphatic rings. The minimum absolute atomic E-state index is 0.0966. The van der Waals surface area contributed by atoms with Crippen molar-refractivity contribution in [1.82, 2.24) is 35.1 Å². The number of hydrogen-bond acceptors (Lipinski definition) is 5. The van der Waals surface area contributed by atoms with Crippen LogP contribution >= 0.6 is 0 Å². The Hall–Kier alpha value is -2.77. The van der Waals surface area contributed by atoms with Crippen LogP contribution in [0.2, 0.25) is 0 Å². The number of nitrogens with zero attached hydrogens (tertiary/aromatic N) is 6. The van der Waals surface area contributed by atoms with Gasteiger partial charge in [0, 0.05) is 6.54 Å². The summed E-state index contributed by atoms with van der Waals surface area (Å²) in [6.45, 7) is 3.34. The molecule has 1 N–H and O–H groups in total. The number of fused-ring (bicyclic) bond motifs is 1. The van der Waals surface area contributed by atoms with Crippen molar-refractivity contribution in [3.05, 3.63) is 36.4 Å². The number of para-hydroxylation sites is 2. The van der Waals surface area contributed by atoms with Crippen LogP contribution in [0.5, 0.6) is 0 Å². The number of imidazole rings is 1. The maximum Gasteiger partial charge on any atom is 0.242 e. The van der Waals surface area contributed by atoms with Gasteiger partial charge >= 0.3 is 0 Å². The van der Waals surface area contributed by atoms with Crippen LogP contribution in [-0.2, 0) is 24.4 Å². The monoisotopic (exact) mass is 285 g/mol. The number of rotatable bonds is 5. The maximum atomic E-state index is 11.8. The van der Waals surface area contributed by atoms with Crippen molar-refractivity contribution in [2.45, 2.75) is 26.6 Å². The molecule has 0 aliphatic carbocycles. The van der Waals surface area contributed by atoms with Crippen molar-refractivity contribution < 1.29 is 4.79 Å². The summed E-state index contributed by atoms with van der Waals surface area (Å²) in [4.78, 5) is 16.4. The molecule has 0 saturated heterocycles. The first-order valence-corrected chi connectivity index (χ1v) is 6.69. The zero-order chi connectivity index (χ0) is 14.7. The third-order valence-electron chi connectivity index (χ3n) is 3.19. The number of tetrazole rings is 1. The van der Waals surface area contributed by atoms with E-state index in [2.05, 4.69) is 37.3 Å². The summed E-state index contributed by atoms with van der Waals surface area (Å²) in [6.07, 6.45) is 1.40. The van der Waals surface area contributed by atoms with Crippen molar-refractivity contribution in [2.24, 2.45) is 0 Å². The lowest BCUT2D eigenvalue weighted by Gasteiger charge is -2.07. The third-order valence-corrected chi connectivity index (χ3v) is 3.19. The number of aromatic nitrogens is 6. The lowest BCUT2D eigenvalue weighted by molar-refractivity contribution is -0.122. The molecule has 8 heteroatoms. The summed E-state index contributed by atoms with van der Waals surface area (Å²) in [5.74, 6) is 0.681. The van der Waals surface area contributed by atoms with Gasteiger partial charge in [-0.25, -0.2) is 9.67 Å². The molecule has 108 valence electrons. The van der Waals surface area contributed by atoms with Gasteiger partial charge in [-0.05, 0) is 29.5 Å². The molecule has 0 atom stereocenters. The topological polar surface area (TPSA) is 90.5 Å². The molecule has 8 nitrogen and oxygen atoms in total. The van der Waals surface area contributed by atoms with Crippen LogP contribution < -0.4 is 5.32 Å². The molecule has 0 aliphatic heterocycles. The molecule has 0 radical (unpaired) electrons. The van der Waals surface area contributed by atoms with Gasteiger partial charge in [-0.2, -0.15) is 0 Å². The molecule has 2 heterocycles. The summed E-state index contributed by atoms with van der Waals surface area (Å²) in [5.41, 5.74) is 2.01. The molecule has 0 saturated carbocycles. The van der Waals surface area contributed by atoms with E-state index in [1.165, 1.54) is 11.0 Å². The van der Waals surface area contributed by atoms with E-state index in [0.717, 1.165) is 23.4 Å². The minimum Gasteiger partial charge on any atom is -0.347 e. The highest BCUT2D eigenvalue weighted by atomic mass is 16.2. The van der Waals surface area contributed by atoms with E-state index in [4.69, 9.17) is 0 Å². The van der Waals surface area contributed by atoms with Crippen LogP contribution in [0.1, 0.15) is 12.7 Å². The molecule has 0 fully saturated rings. The Morgan fingerprint density at radius 1 is 1.33 bits per heavy atom. The largest absolute Gasteiger partial charge is 0.347 e. The second kappa shape index (κ2) is 5.70. The van der Waals surface area contributed by atoms with Gasteiger partial charge in [-0.1, -0.05) is 12.1 Å². The first kappa shape index (κ1) is 13.2. The number of nitrogens with one attached hydrogen (secondary N) is 1. The smallest absolute Gasteiger partial charge is 0.242 e. The molecule has 2 aromatic heterocycles. The number of hydrogen-bond donors (Lipinski definition) is 1. The van der Waals surface area contributed by atoms with Gasteiger partial charge in [-0.15, -0.1) is 5.10 Å². The van der Waals surface area contributed by atoms with E-state index in [9.17, 15) is 4.79 Å². The summed E-state index contributed by atoms with van der Waals surface area (Å²) in [7, 11) is 0. The molecule has 0 bridgehead atoms. The highest BCUT2D eigenvalue weighted by Crippen LogP contribution is 2.15. The normalized spacial score (nSPS) is 10.9. The van der Waals surface area contributed by atoms with Gasteiger partial charge in [0.2, 0.25) is 5.91 Å². The van der Waals surface area contributed by atoms with Crippen LogP contribution in [0.25, 0.3) is 11.0 Å². The molecule has 0 spiro atoms. The quantitative estimate of drug-likeness (QED) is 0.731. The Morgan fingerprint density at radius 3 is 2.95 bits per heavy atom. The van der Waals surface area contributed by atoms with Crippen LogP contribution in [0, 0.1) is 0 Å². The van der Waals surface area contributed by atoms with Gasteiger partial charge in [0.15, 0.2) is 0 Å². The number of carbonyl (C=O) groups excluding carboxylic acids is 1. The van der Waals surface area contributed by atoms with Gasteiger partial charge in [0.25, 0.3) is 0 Å². The van der Waals surface area contributed by atoms with Crippen molar-refractivity contribution >= 4 is 16.9 Å². The van der Waals surface area contributed by atoms with E-state index in [0.29, 0.717) is 6.54 Å². The average Bonchev–Trinajstić information content (AvgIpc) is 3.11. The predicted molar refractivity (Wildman–Crippen MR) is 75.1 cm³/mol. The average molecular weight is 285 g/mol. The van der Waals surface area contributed by atoms with E-state index in [-0.39, 0.29) is 12.5 Å². The van der Waals surface area contributed by atoms with Crippen LogP contribution in [-0.4, -0.2) is 35.7 Å². The standard InChI is InChI=1S/C13H15N7O/c1-2-20-11-6-4-3-5-10(11)16-12(20)7-14-13(21)8-19-9-15-17-18-19/h3-6,9H,2,7-8H2,1H3,(H,14,21). The molecule has 1 amide bonds. The number of amides is 1. The fourth-order valence-electron chi connectivity index (χ4n) is 2.25. The van der Waals surface area contributed by atoms with Gasteiger partial charge < -0.3 is 9.88 Å². The molecular formula is C13H15N7O. The predicted octanol–water partition coefficient (Wildman–Crippen LogP) is 0.359. The maximum absolute atomic E-state index is 11.8. The van der Waals surface area contributed by atoms with Crippen molar-refractivity contribution in [1.29, 1.82) is 0 Å². The lowest BCUT2D eigenvalue weighted by Crippen LogP contribution is -2.28. The van der Waals surface area contributed by atoms with E-state index >= 15 is 0 Å². The fourth-order valence-corrected chi connectivity index (χ4v) is 2.25. The Balaban J connectivity index is 1.71.